The molecule has 1 unspecified atom stereocenters. The van der Waals surface area contributed by atoms with Gasteiger partial charge in [-0.05, 0) is 44.7 Å². The van der Waals surface area contributed by atoms with E-state index in [2.05, 4.69) is 35.9 Å². The molecule has 1 aromatic rings. The molecule has 0 spiro atoms. The van der Waals surface area contributed by atoms with Crippen LogP contribution in [-0.4, -0.2) is 36.6 Å². The highest BCUT2D eigenvalue weighted by Gasteiger charge is 2.17. The smallest absolute Gasteiger partial charge is 0.191 e. The third-order valence-electron chi connectivity index (χ3n) is 3.98. The first-order valence-electron chi connectivity index (χ1n) is 7.83. The summed E-state index contributed by atoms with van der Waals surface area (Å²) in [6, 6.07) is 8.08. The Morgan fingerprint density at radius 3 is 2.57 bits per heavy atom. The van der Waals surface area contributed by atoms with Gasteiger partial charge < -0.3 is 15.4 Å². The molecule has 0 bridgehead atoms. The second kappa shape index (κ2) is 7.34. The standard InChI is InChI=1S/C17H27N3O/c1-13-4-6-16(7-5-13)21-15(3)12-19-17(18)20-10-8-14(2)9-11-20/h4-7,14-15H,8-12H2,1-3H3,(H2,18,19). The lowest BCUT2D eigenvalue weighted by atomic mass is 10.00. The molecule has 2 N–H and O–H groups in total. The molecule has 1 aliphatic heterocycles. The fraction of sp³-hybridized carbons (Fsp3) is 0.588. The molecule has 1 heterocycles. The van der Waals surface area contributed by atoms with Gasteiger partial charge in [0.05, 0.1) is 6.54 Å². The lowest BCUT2D eigenvalue weighted by Gasteiger charge is -2.31. The van der Waals surface area contributed by atoms with E-state index in [-0.39, 0.29) is 6.10 Å². The number of rotatable bonds is 4. The fourth-order valence-corrected chi connectivity index (χ4v) is 2.45. The van der Waals surface area contributed by atoms with Crippen LogP contribution in [0.25, 0.3) is 0 Å². The van der Waals surface area contributed by atoms with E-state index in [0.29, 0.717) is 12.5 Å². The van der Waals surface area contributed by atoms with Crippen molar-refractivity contribution < 1.29 is 4.74 Å². The first kappa shape index (κ1) is 15.7. The number of aliphatic imine (C=N–C) groups is 1. The number of likely N-dealkylation sites (tertiary alicyclic amines) is 1. The molecule has 1 aromatic carbocycles. The minimum Gasteiger partial charge on any atom is -0.489 e. The van der Waals surface area contributed by atoms with Crippen molar-refractivity contribution in [3.8, 4) is 5.75 Å². The van der Waals surface area contributed by atoms with Gasteiger partial charge in [-0.15, -0.1) is 0 Å². The molecule has 0 aromatic heterocycles. The van der Waals surface area contributed by atoms with E-state index in [9.17, 15) is 0 Å². The van der Waals surface area contributed by atoms with E-state index >= 15 is 0 Å². The zero-order valence-electron chi connectivity index (χ0n) is 13.4. The van der Waals surface area contributed by atoms with Crippen LogP contribution in [0.3, 0.4) is 0 Å². The minimum atomic E-state index is 0.0231. The maximum atomic E-state index is 6.08. The van der Waals surface area contributed by atoms with Gasteiger partial charge in [0.2, 0.25) is 0 Å². The largest absolute Gasteiger partial charge is 0.489 e. The lowest BCUT2D eigenvalue weighted by Crippen LogP contribution is -2.43. The van der Waals surface area contributed by atoms with Crippen molar-refractivity contribution in [3.05, 3.63) is 29.8 Å². The van der Waals surface area contributed by atoms with Gasteiger partial charge >= 0.3 is 0 Å². The molecular formula is C17H27N3O. The molecule has 1 atom stereocenters. The predicted octanol–water partition coefficient (Wildman–Crippen LogP) is 2.81. The Labute approximate surface area is 128 Å². The Morgan fingerprint density at radius 2 is 1.95 bits per heavy atom. The van der Waals surface area contributed by atoms with E-state index in [0.717, 1.165) is 24.8 Å². The second-order valence-corrected chi connectivity index (χ2v) is 6.11. The second-order valence-electron chi connectivity index (χ2n) is 6.11. The van der Waals surface area contributed by atoms with Crippen molar-refractivity contribution in [2.75, 3.05) is 19.6 Å². The highest BCUT2D eigenvalue weighted by atomic mass is 16.5. The quantitative estimate of drug-likeness (QED) is 0.685. The average Bonchev–Trinajstić information content (AvgIpc) is 2.48. The van der Waals surface area contributed by atoms with E-state index in [1.54, 1.807) is 0 Å². The molecule has 1 fully saturated rings. The van der Waals surface area contributed by atoms with Crippen molar-refractivity contribution >= 4 is 5.96 Å². The molecular weight excluding hydrogens is 262 g/mol. The van der Waals surface area contributed by atoms with Crippen molar-refractivity contribution in [1.29, 1.82) is 0 Å². The van der Waals surface area contributed by atoms with Crippen molar-refractivity contribution in [1.82, 2.24) is 4.90 Å². The summed E-state index contributed by atoms with van der Waals surface area (Å²) < 4.78 is 5.84. The van der Waals surface area contributed by atoms with E-state index in [1.165, 1.54) is 18.4 Å². The van der Waals surface area contributed by atoms with Crippen LogP contribution < -0.4 is 10.5 Å². The third-order valence-corrected chi connectivity index (χ3v) is 3.98. The Morgan fingerprint density at radius 1 is 1.33 bits per heavy atom. The molecule has 0 radical (unpaired) electrons. The first-order valence-corrected chi connectivity index (χ1v) is 7.83. The topological polar surface area (TPSA) is 50.9 Å². The highest BCUT2D eigenvalue weighted by Crippen LogP contribution is 2.16. The monoisotopic (exact) mass is 289 g/mol. The summed E-state index contributed by atoms with van der Waals surface area (Å²) in [5, 5.41) is 0. The molecule has 21 heavy (non-hydrogen) atoms. The average molecular weight is 289 g/mol. The molecule has 0 aliphatic carbocycles. The third kappa shape index (κ3) is 4.96. The van der Waals surface area contributed by atoms with Crippen molar-refractivity contribution in [2.45, 2.75) is 39.7 Å². The van der Waals surface area contributed by atoms with Gasteiger partial charge in [-0.3, -0.25) is 0 Å². The molecule has 2 rings (SSSR count). The van der Waals surface area contributed by atoms with Gasteiger partial charge in [0.1, 0.15) is 11.9 Å². The van der Waals surface area contributed by atoms with Crippen LogP contribution in [0.15, 0.2) is 29.3 Å². The Kier molecular flexibility index (Phi) is 5.48. The number of hydrogen-bond acceptors (Lipinski definition) is 2. The summed E-state index contributed by atoms with van der Waals surface area (Å²) >= 11 is 0. The minimum absolute atomic E-state index is 0.0231. The summed E-state index contributed by atoms with van der Waals surface area (Å²) in [7, 11) is 0. The Balaban J connectivity index is 1.80. The van der Waals surface area contributed by atoms with Crippen molar-refractivity contribution in [3.63, 3.8) is 0 Å². The number of guanidine groups is 1. The van der Waals surface area contributed by atoms with Crippen LogP contribution >= 0.6 is 0 Å². The molecule has 1 saturated heterocycles. The number of hydrogen-bond donors (Lipinski definition) is 1. The summed E-state index contributed by atoms with van der Waals surface area (Å²) in [5.41, 5.74) is 7.31. The number of nitrogens with two attached hydrogens (primary N) is 1. The van der Waals surface area contributed by atoms with Crippen molar-refractivity contribution in [2.24, 2.45) is 16.6 Å². The van der Waals surface area contributed by atoms with Gasteiger partial charge in [-0.25, -0.2) is 4.99 Å². The van der Waals surface area contributed by atoms with Crippen LogP contribution in [0.2, 0.25) is 0 Å². The van der Waals surface area contributed by atoms with E-state index in [1.807, 2.05) is 19.1 Å². The predicted molar refractivity (Wildman–Crippen MR) is 87.7 cm³/mol. The van der Waals surface area contributed by atoms with E-state index in [4.69, 9.17) is 10.5 Å². The highest BCUT2D eigenvalue weighted by molar-refractivity contribution is 5.78. The number of nitrogens with zero attached hydrogens (tertiary/aromatic N) is 2. The van der Waals surface area contributed by atoms with Crippen LogP contribution in [0, 0.1) is 12.8 Å². The SMILES string of the molecule is Cc1ccc(OC(C)CN=C(N)N2CCC(C)CC2)cc1. The zero-order chi connectivity index (χ0) is 15.2. The van der Waals surface area contributed by atoms with Gasteiger partial charge in [-0.2, -0.15) is 0 Å². The van der Waals surface area contributed by atoms with E-state index < -0.39 is 0 Å². The maximum absolute atomic E-state index is 6.08. The Bertz CT molecular complexity index is 461. The van der Waals surface area contributed by atoms with Gasteiger partial charge in [-0.1, -0.05) is 24.6 Å². The van der Waals surface area contributed by atoms with Crippen LogP contribution in [-0.2, 0) is 0 Å². The summed E-state index contributed by atoms with van der Waals surface area (Å²) in [6.45, 7) is 9.01. The van der Waals surface area contributed by atoms with Crippen LogP contribution in [0.1, 0.15) is 32.3 Å². The van der Waals surface area contributed by atoms with Crippen LogP contribution in [0.5, 0.6) is 5.75 Å². The van der Waals surface area contributed by atoms with Gasteiger partial charge in [0.15, 0.2) is 5.96 Å². The molecule has 0 saturated carbocycles. The summed E-state index contributed by atoms with van der Waals surface area (Å²) in [6.07, 6.45) is 2.42. The molecule has 4 heteroatoms. The summed E-state index contributed by atoms with van der Waals surface area (Å²) in [4.78, 5) is 6.66. The Hall–Kier alpha value is -1.71. The fourth-order valence-electron chi connectivity index (χ4n) is 2.45. The number of piperidine rings is 1. The number of benzene rings is 1. The number of ether oxygens (including phenoxy) is 1. The van der Waals surface area contributed by atoms with Crippen LogP contribution in [0.4, 0.5) is 0 Å². The summed E-state index contributed by atoms with van der Waals surface area (Å²) in [5.74, 6) is 2.34. The maximum Gasteiger partial charge on any atom is 0.191 e. The number of aryl methyl sites for hydroxylation is 1. The normalized spacial score (nSPS) is 18.6. The first-order chi connectivity index (χ1) is 10.0. The molecule has 0 amide bonds. The van der Waals surface area contributed by atoms with Gasteiger partial charge in [0.25, 0.3) is 0 Å². The zero-order valence-corrected chi connectivity index (χ0v) is 13.4. The van der Waals surface area contributed by atoms with Gasteiger partial charge in [0, 0.05) is 13.1 Å². The molecule has 1 aliphatic rings. The molecule has 4 nitrogen and oxygen atoms in total. The lowest BCUT2D eigenvalue weighted by molar-refractivity contribution is 0.228. The molecule has 116 valence electrons.